The molecule has 24 heavy (non-hydrogen) atoms. The molecule has 1 N–H and O–H groups in total. The molecule has 2 aliphatic rings. The average molecular weight is 335 g/mol. The summed E-state index contributed by atoms with van der Waals surface area (Å²) in [6.07, 6.45) is 1.92. The minimum Gasteiger partial charge on any atom is -0.496 e. The Hall–Kier alpha value is -2.41. The number of methoxy groups -OCH3 is 2. The van der Waals surface area contributed by atoms with E-state index in [4.69, 9.17) is 19.4 Å². The van der Waals surface area contributed by atoms with Crippen LogP contribution in [0, 0.1) is 11.8 Å². The SMILES string of the molecule is CO.COC(=O)C1CC2ON=C(c3ccc(OC)c(C=O)c3)C2C1. The molecule has 1 saturated carbocycles. The molecule has 130 valence electrons. The number of aldehydes is 1. The number of rotatable bonds is 4. The fourth-order valence-electron chi connectivity index (χ4n) is 3.21. The number of aliphatic hydroxyl groups is 1. The van der Waals surface area contributed by atoms with Gasteiger partial charge in [-0.15, -0.1) is 0 Å². The largest absolute Gasteiger partial charge is 0.496 e. The van der Waals surface area contributed by atoms with E-state index in [0.29, 0.717) is 24.2 Å². The van der Waals surface area contributed by atoms with E-state index in [1.165, 1.54) is 14.2 Å². The molecular weight excluding hydrogens is 314 g/mol. The first-order valence-corrected chi connectivity index (χ1v) is 7.57. The molecule has 7 heteroatoms. The van der Waals surface area contributed by atoms with E-state index in [9.17, 15) is 9.59 Å². The second kappa shape index (κ2) is 7.92. The van der Waals surface area contributed by atoms with Gasteiger partial charge >= 0.3 is 5.97 Å². The van der Waals surface area contributed by atoms with Gasteiger partial charge < -0.3 is 19.4 Å². The summed E-state index contributed by atoms with van der Waals surface area (Å²) >= 11 is 0. The maximum absolute atomic E-state index is 11.7. The molecule has 1 aliphatic carbocycles. The van der Waals surface area contributed by atoms with Crippen molar-refractivity contribution in [3.05, 3.63) is 29.3 Å². The van der Waals surface area contributed by atoms with Gasteiger partial charge in [-0.2, -0.15) is 0 Å². The number of esters is 1. The van der Waals surface area contributed by atoms with Gasteiger partial charge in [0.2, 0.25) is 0 Å². The minimum atomic E-state index is -0.208. The Morgan fingerprint density at radius 1 is 1.33 bits per heavy atom. The van der Waals surface area contributed by atoms with E-state index >= 15 is 0 Å². The number of aliphatic hydroxyl groups excluding tert-OH is 1. The van der Waals surface area contributed by atoms with Crippen LogP contribution in [0.15, 0.2) is 23.4 Å². The molecule has 1 aromatic carbocycles. The number of fused-ring (bicyclic) bond motifs is 1. The first kappa shape index (κ1) is 17.9. The van der Waals surface area contributed by atoms with Crippen molar-refractivity contribution in [3.63, 3.8) is 0 Å². The van der Waals surface area contributed by atoms with Crippen LogP contribution in [0.25, 0.3) is 0 Å². The predicted molar refractivity (Wildman–Crippen MR) is 86.2 cm³/mol. The van der Waals surface area contributed by atoms with Crippen molar-refractivity contribution >= 4 is 18.0 Å². The predicted octanol–water partition coefficient (Wildman–Crippen LogP) is 1.42. The lowest BCUT2D eigenvalue weighted by Gasteiger charge is -2.11. The van der Waals surface area contributed by atoms with Crippen LogP contribution in [0.4, 0.5) is 0 Å². The summed E-state index contributed by atoms with van der Waals surface area (Å²) in [5, 5.41) is 11.1. The number of carbonyl (C=O) groups is 2. The minimum absolute atomic E-state index is 0.0528. The summed E-state index contributed by atoms with van der Waals surface area (Å²) in [5.74, 6) is 0.209. The van der Waals surface area contributed by atoms with E-state index in [1.54, 1.807) is 12.1 Å². The molecule has 3 rings (SSSR count). The maximum atomic E-state index is 11.7. The molecule has 0 bridgehead atoms. The van der Waals surface area contributed by atoms with Gasteiger partial charge in [0.15, 0.2) is 6.29 Å². The third kappa shape index (κ3) is 3.26. The number of hydrogen-bond donors (Lipinski definition) is 1. The number of hydrogen-bond acceptors (Lipinski definition) is 7. The van der Waals surface area contributed by atoms with Crippen LogP contribution in [0.1, 0.15) is 28.8 Å². The Labute approximate surface area is 140 Å². The Morgan fingerprint density at radius 2 is 2.08 bits per heavy atom. The van der Waals surface area contributed by atoms with Crippen LogP contribution in [-0.4, -0.2) is 50.5 Å². The van der Waals surface area contributed by atoms with Crippen molar-refractivity contribution in [2.75, 3.05) is 21.3 Å². The lowest BCUT2D eigenvalue weighted by Crippen LogP contribution is -2.18. The molecule has 0 aromatic heterocycles. The van der Waals surface area contributed by atoms with Crippen molar-refractivity contribution in [1.82, 2.24) is 0 Å². The Kier molecular flexibility index (Phi) is 5.92. The summed E-state index contributed by atoms with van der Waals surface area (Å²) in [6, 6.07) is 5.32. The van der Waals surface area contributed by atoms with Crippen LogP contribution in [0.3, 0.4) is 0 Å². The standard InChI is InChI=1S/C16H17NO5.CH4O/c1-20-13-4-3-9(5-11(13)8-18)15-12-6-10(16(19)21-2)7-14(12)22-17-15;1-2/h3-5,8,10,12,14H,6-7H2,1-2H3;2H,1H3. The topological polar surface area (TPSA) is 94.4 Å². The highest BCUT2D eigenvalue weighted by Gasteiger charge is 2.46. The average Bonchev–Trinajstić information content (AvgIpc) is 3.22. The fourth-order valence-corrected chi connectivity index (χ4v) is 3.21. The molecule has 3 atom stereocenters. The van der Waals surface area contributed by atoms with Crippen molar-refractivity contribution in [2.24, 2.45) is 17.0 Å². The molecule has 0 saturated heterocycles. The Bertz CT molecular complexity index is 642. The zero-order valence-corrected chi connectivity index (χ0v) is 13.9. The summed E-state index contributed by atoms with van der Waals surface area (Å²) in [4.78, 5) is 28.3. The zero-order valence-electron chi connectivity index (χ0n) is 13.9. The third-order valence-electron chi connectivity index (χ3n) is 4.33. The van der Waals surface area contributed by atoms with E-state index < -0.39 is 0 Å². The summed E-state index contributed by atoms with van der Waals surface area (Å²) in [5.41, 5.74) is 2.07. The number of oxime groups is 1. The lowest BCUT2D eigenvalue weighted by molar-refractivity contribution is -0.145. The third-order valence-corrected chi connectivity index (χ3v) is 4.33. The number of nitrogens with zero attached hydrogens (tertiary/aromatic N) is 1. The Balaban J connectivity index is 0.00000100. The van der Waals surface area contributed by atoms with Gasteiger partial charge in [-0.1, -0.05) is 5.16 Å². The van der Waals surface area contributed by atoms with Crippen molar-refractivity contribution in [3.8, 4) is 5.75 Å². The molecule has 1 fully saturated rings. The van der Waals surface area contributed by atoms with Gasteiger partial charge in [0.25, 0.3) is 0 Å². The van der Waals surface area contributed by atoms with Gasteiger partial charge in [0, 0.05) is 25.0 Å². The normalized spacial score (nSPS) is 24.0. The van der Waals surface area contributed by atoms with Gasteiger partial charge in [0.1, 0.15) is 11.9 Å². The van der Waals surface area contributed by atoms with Gasteiger partial charge in [-0.3, -0.25) is 9.59 Å². The number of carbonyl (C=O) groups excluding carboxylic acids is 2. The fraction of sp³-hybridized carbons (Fsp3) is 0.471. The van der Waals surface area contributed by atoms with Crippen LogP contribution < -0.4 is 4.74 Å². The Morgan fingerprint density at radius 3 is 2.71 bits per heavy atom. The van der Waals surface area contributed by atoms with Crippen LogP contribution in [-0.2, 0) is 14.4 Å². The molecule has 0 radical (unpaired) electrons. The van der Waals surface area contributed by atoms with Crippen LogP contribution in [0.2, 0.25) is 0 Å². The highest BCUT2D eigenvalue weighted by atomic mass is 16.6. The van der Waals surface area contributed by atoms with Gasteiger partial charge in [0.05, 0.1) is 31.4 Å². The van der Waals surface area contributed by atoms with Crippen molar-refractivity contribution < 1.29 is 29.0 Å². The van der Waals surface area contributed by atoms with E-state index in [2.05, 4.69) is 5.16 Å². The van der Waals surface area contributed by atoms with E-state index in [0.717, 1.165) is 24.7 Å². The van der Waals surface area contributed by atoms with Crippen LogP contribution in [0.5, 0.6) is 5.75 Å². The van der Waals surface area contributed by atoms with E-state index in [1.807, 2.05) is 6.07 Å². The van der Waals surface area contributed by atoms with E-state index in [-0.39, 0.29) is 23.9 Å². The van der Waals surface area contributed by atoms with Crippen molar-refractivity contribution in [1.29, 1.82) is 0 Å². The molecule has 1 aliphatic heterocycles. The van der Waals surface area contributed by atoms with Gasteiger partial charge in [-0.25, -0.2) is 0 Å². The molecule has 0 amide bonds. The molecule has 7 nitrogen and oxygen atoms in total. The maximum Gasteiger partial charge on any atom is 0.308 e. The van der Waals surface area contributed by atoms with Crippen molar-refractivity contribution in [2.45, 2.75) is 18.9 Å². The summed E-state index contributed by atoms with van der Waals surface area (Å²) in [6.45, 7) is 0. The molecule has 1 heterocycles. The molecular formula is C17H21NO6. The molecule has 1 aromatic rings. The molecule has 3 unspecified atom stereocenters. The lowest BCUT2D eigenvalue weighted by atomic mass is 9.92. The monoisotopic (exact) mass is 335 g/mol. The number of benzene rings is 1. The summed E-state index contributed by atoms with van der Waals surface area (Å²) in [7, 11) is 3.91. The number of ether oxygens (including phenoxy) is 2. The van der Waals surface area contributed by atoms with Crippen LogP contribution >= 0.6 is 0 Å². The highest BCUT2D eigenvalue weighted by molar-refractivity contribution is 6.04. The zero-order chi connectivity index (χ0) is 17.7. The highest BCUT2D eigenvalue weighted by Crippen LogP contribution is 2.40. The quantitative estimate of drug-likeness (QED) is 0.660. The smallest absolute Gasteiger partial charge is 0.308 e. The molecule has 0 spiro atoms. The second-order valence-corrected chi connectivity index (χ2v) is 5.49. The summed E-state index contributed by atoms with van der Waals surface area (Å²) < 4.78 is 9.95. The first-order chi connectivity index (χ1) is 11.7. The van der Waals surface area contributed by atoms with Gasteiger partial charge in [-0.05, 0) is 24.6 Å². The first-order valence-electron chi connectivity index (χ1n) is 7.57. The second-order valence-electron chi connectivity index (χ2n) is 5.49.